The molecule has 0 aromatic carbocycles. The van der Waals surface area contributed by atoms with Crippen molar-refractivity contribution < 1.29 is 9.47 Å². The zero-order chi connectivity index (χ0) is 11.0. The van der Waals surface area contributed by atoms with Crippen molar-refractivity contribution in [3.63, 3.8) is 0 Å². The second-order valence-electron chi connectivity index (χ2n) is 4.49. The molecule has 0 amide bonds. The van der Waals surface area contributed by atoms with Gasteiger partial charge in [0, 0.05) is 11.9 Å². The van der Waals surface area contributed by atoms with Crippen LogP contribution in [0, 0.1) is 11.3 Å². The van der Waals surface area contributed by atoms with Crippen molar-refractivity contribution in [1.29, 1.82) is 0 Å². The summed E-state index contributed by atoms with van der Waals surface area (Å²) >= 11 is 3.52. The Balaban J connectivity index is 3.54. The van der Waals surface area contributed by atoms with Crippen LogP contribution in [0.2, 0.25) is 0 Å². The Kier molecular flexibility index (Phi) is 7.88. The first-order valence-corrected chi connectivity index (χ1v) is 6.36. The normalized spacial score (nSPS) is 14.4. The number of ether oxygens (including phenoxy) is 2. The molecular formula is C11H23BrO2. The monoisotopic (exact) mass is 266 g/mol. The van der Waals surface area contributed by atoms with Crippen LogP contribution in [0.3, 0.4) is 0 Å². The van der Waals surface area contributed by atoms with Crippen LogP contribution in [-0.2, 0) is 9.47 Å². The zero-order valence-electron chi connectivity index (χ0n) is 9.81. The molecule has 0 aromatic rings. The van der Waals surface area contributed by atoms with Crippen LogP contribution in [-0.4, -0.2) is 31.8 Å². The van der Waals surface area contributed by atoms with Crippen molar-refractivity contribution in [2.75, 3.05) is 31.8 Å². The highest BCUT2D eigenvalue weighted by molar-refractivity contribution is 9.09. The van der Waals surface area contributed by atoms with Crippen LogP contribution >= 0.6 is 15.9 Å². The molecule has 86 valence electrons. The highest BCUT2D eigenvalue weighted by Crippen LogP contribution is 2.27. The molecule has 1 unspecified atom stereocenters. The molecule has 0 radical (unpaired) electrons. The molecule has 0 bridgehead atoms. The van der Waals surface area contributed by atoms with Gasteiger partial charge in [0.05, 0.1) is 19.8 Å². The van der Waals surface area contributed by atoms with Crippen LogP contribution in [0.5, 0.6) is 0 Å². The SMILES string of the molecule is CCOCCOCC(CBr)C(C)(C)C. The smallest absolute Gasteiger partial charge is 0.0700 e. The van der Waals surface area contributed by atoms with Crippen molar-refractivity contribution >= 4 is 15.9 Å². The van der Waals surface area contributed by atoms with Crippen LogP contribution < -0.4 is 0 Å². The molecule has 0 fully saturated rings. The fraction of sp³-hybridized carbons (Fsp3) is 1.00. The molecule has 2 nitrogen and oxygen atoms in total. The van der Waals surface area contributed by atoms with E-state index in [1.54, 1.807) is 0 Å². The molecule has 0 aliphatic carbocycles. The van der Waals surface area contributed by atoms with E-state index in [1.165, 1.54) is 0 Å². The van der Waals surface area contributed by atoms with Crippen LogP contribution in [0.4, 0.5) is 0 Å². The van der Waals surface area contributed by atoms with Crippen LogP contribution in [0.15, 0.2) is 0 Å². The van der Waals surface area contributed by atoms with E-state index in [0.717, 1.165) is 18.5 Å². The van der Waals surface area contributed by atoms with Gasteiger partial charge in [-0.25, -0.2) is 0 Å². The highest BCUT2D eigenvalue weighted by atomic mass is 79.9. The van der Waals surface area contributed by atoms with Crippen LogP contribution in [0.1, 0.15) is 27.7 Å². The summed E-state index contributed by atoms with van der Waals surface area (Å²) in [6.45, 7) is 11.7. The molecule has 0 rings (SSSR count). The van der Waals surface area contributed by atoms with Crippen molar-refractivity contribution in [1.82, 2.24) is 0 Å². The Morgan fingerprint density at radius 1 is 1.14 bits per heavy atom. The molecule has 0 heterocycles. The van der Waals surface area contributed by atoms with Gasteiger partial charge < -0.3 is 9.47 Å². The molecular weight excluding hydrogens is 244 g/mol. The van der Waals surface area contributed by atoms with Crippen molar-refractivity contribution in [3.05, 3.63) is 0 Å². The first kappa shape index (κ1) is 14.4. The van der Waals surface area contributed by atoms with E-state index >= 15 is 0 Å². The number of alkyl halides is 1. The molecule has 0 spiro atoms. The summed E-state index contributed by atoms with van der Waals surface area (Å²) in [7, 11) is 0. The van der Waals surface area contributed by atoms with Crippen molar-refractivity contribution in [3.8, 4) is 0 Å². The largest absolute Gasteiger partial charge is 0.379 e. The summed E-state index contributed by atoms with van der Waals surface area (Å²) in [5, 5.41) is 0.991. The maximum atomic E-state index is 5.56. The number of hydrogen-bond donors (Lipinski definition) is 0. The third-order valence-electron chi connectivity index (χ3n) is 2.31. The van der Waals surface area contributed by atoms with E-state index in [2.05, 4.69) is 36.7 Å². The second kappa shape index (κ2) is 7.66. The lowest BCUT2D eigenvalue weighted by Gasteiger charge is -2.28. The number of rotatable bonds is 7. The average Bonchev–Trinajstić information content (AvgIpc) is 2.09. The molecule has 0 aromatic heterocycles. The predicted octanol–water partition coefficient (Wildman–Crippen LogP) is 3.10. The van der Waals surface area contributed by atoms with E-state index in [9.17, 15) is 0 Å². The molecule has 0 saturated carbocycles. The summed E-state index contributed by atoms with van der Waals surface area (Å²) in [5.41, 5.74) is 0.301. The van der Waals surface area contributed by atoms with E-state index in [0.29, 0.717) is 24.5 Å². The predicted molar refractivity (Wildman–Crippen MR) is 64.1 cm³/mol. The minimum Gasteiger partial charge on any atom is -0.379 e. The summed E-state index contributed by atoms with van der Waals surface area (Å²) < 4.78 is 10.8. The molecule has 3 heteroatoms. The molecule has 1 atom stereocenters. The van der Waals surface area contributed by atoms with Gasteiger partial charge in [-0.05, 0) is 18.3 Å². The van der Waals surface area contributed by atoms with Gasteiger partial charge in [-0.3, -0.25) is 0 Å². The van der Waals surface area contributed by atoms with Crippen molar-refractivity contribution in [2.45, 2.75) is 27.7 Å². The fourth-order valence-electron chi connectivity index (χ4n) is 1.01. The van der Waals surface area contributed by atoms with Crippen molar-refractivity contribution in [2.24, 2.45) is 11.3 Å². The van der Waals surface area contributed by atoms with Gasteiger partial charge in [0.15, 0.2) is 0 Å². The molecule has 0 saturated heterocycles. The van der Waals surface area contributed by atoms with Crippen LogP contribution in [0.25, 0.3) is 0 Å². The van der Waals surface area contributed by atoms with Gasteiger partial charge in [-0.15, -0.1) is 0 Å². The lowest BCUT2D eigenvalue weighted by atomic mass is 9.83. The van der Waals surface area contributed by atoms with E-state index < -0.39 is 0 Å². The Morgan fingerprint density at radius 3 is 2.14 bits per heavy atom. The lowest BCUT2D eigenvalue weighted by Crippen LogP contribution is -2.27. The first-order chi connectivity index (χ1) is 6.52. The van der Waals surface area contributed by atoms with E-state index in [-0.39, 0.29) is 0 Å². The number of halogens is 1. The molecule has 0 aliphatic heterocycles. The third kappa shape index (κ3) is 6.80. The van der Waals surface area contributed by atoms with Gasteiger partial charge in [0.2, 0.25) is 0 Å². The quantitative estimate of drug-likeness (QED) is 0.521. The van der Waals surface area contributed by atoms with Gasteiger partial charge >= 0.3 is 0 Å². The second-order valence-corrected chi connectivity index (χ2v) is 5.14. The molecule has 14 heavy (non-hydrogen) atoms. The molecule has 0 aliphatic rings. The Morgan fingerprint density at radius 2 is 1.71 bits per heavy atom. The Labute approximate surface area is 96.5 Å². The van der Waals surface area contributed by atoms with E-state index in [4.69, 9.17) is 9.47 Å². The van der Waals surface area contributed by atoms with Gasteiger partial charge in [-0.2, -0.15) is 0 Å². The summed E-state index contributed by atoms with van der Waals surface area (Å²) in [4.78, 5) is 0. The summed E-state index contributed by atoms with van der Waals surface area (Å²) in [5.74, 6) is 0.559. The maximum absolute atomic E-state index is 5.56. The molecule has 0 N–H and O–H groups in total. The average molecular weight is 267 g/mol. The maximum Gasteiger partial charge on any atom is 0.0700 e. The minimum absolute atomic E-state index is 0.301. The fourth-order valence-corrected chi connectivity index (χ4v) is 2.17. The first-order valence-electron chi connectivity index (χ1n) is 5.23. The minimum atomic E-state index is 0.301. The Bertz CT molecular complexity index is 132. The standard InChI is InChI=1S/C11H23BrO2/c1-5-13-6-7-14-9-10(8-12)11(2,3)4/h10H,5-9H2,1-4H3. The zero-order valence-corrected chi connectivity index (χ0v) is 11.4. The van der Waals surface area contributed by atoms with E-state index in [1.807, 2.05) is 6.92 Å². The summed E-state index contributed by atoms with van der Waals surface area (Å²) in [6, 6.07) is 0. The lowest BCUT2D eigenvalue weighted by molar-refractivity contribution is 0.0224. The third-order valence-corrected chi connectivity index (χ3v) is 3.09. The number of hydrogen-bond acceptors (Lipinski definition) is 2. The Hall–Kier alpha value is 0.400. The summed E-state index contributed by atoms with van der Waals surface area (Å²) in [6.07, 6.45) is 0. The highest BCUT2D eigenvalue weighted by Gasteiger charge is 2.23. The van der Waals surface area contributed by atoms with Gasteiger partial charge in [0.25, 0.3) is 0 Å². The van der Waals surface area contributed by atoms with Gasteiger partial charge in [-0.1, -0.05) is 36.7 Å². The topological polar surface area (TPSA) is 18.5 Å². The van der Waals surface area contributed by atoms with Gasteiger partial charge in [0.1, 0.15) is 0 Å².